The van der Waals surface area contributed by atoms with E-state index in [1.165, 1.54) is 36.9 Å². The van der Waals surface area contributed by atoms with E-state index in [1.54, 1.807) is 0 Å². The van der Waals surface area contributed by atoms with Gasteiger partial charge >= 0.3 is 0 Å². The predicted octanol–water partition coefficient (Wildman–Crippen LogP) is 4.50. The lowest BCUT2D eigenvalue weighted by Gasteiger charge is -2.25. The fraction of sp³-hybridized carbons (Fsp3) is 0.647. The average molecular weight is 262 g/mol. The number of nitrogens with zero attached hydrogens (tertiary/aromatic N) is 1. The monoisotopic (exact) mass is 262 g/mol. The highest BCUT2D eigenvalue weighted by Crippen LogP contribution is 2.20. The molecule has 1 unspecified atom stereocenters. The van der Waals surface area contributed by atoms with Crippen LogP contribution in [0.25, 0.3) is 0 Å². The zero-order chi connectivity index (χ0) is 14.1. The molecule has 1 rings (SSSR count). The van der Waals surface area contributed by atoms with Gasteiger partial charge in [0.25, 0.3) is 0 Å². The van der Waals surface area contributed by atoms with Gasteiger partial charge < -0.3 is 10.6 Å². The number of benzene rings is 1. The third kappa shape index (κ3) is 5.23. The molecule has 19 heavy (non-hydrogen) atoms. The zero-order valence-corrected chi connectivity index (χ0v) is 12.9. The zero-order valence-electron chi connectivity index (χ0n) is 12.9. The Hall–Kier alpha value is -1.02. The summed E-state index contributed by atoms with van der Waals surface area (Å²) in [5.74, 6) is 0. The second kappa shape index (κ2) is 8.98. The molecule has 0 aromatic heterocycles. The van der Waals surface area contributed by atoms with E-state index in [0.717, 1.165) is 19.5 Å². The smallest absolute Gasteiger partial charge is 0.0366 e. The summed E-state index contributed by atoms with van der Waals surface area (Å²) >= 11 is 0. The number of nitrogens with two attached hydrogens (primary N) is 1. The minimum absolute atomic E-state index is 0.175. The molecule has 2 nitrogen and oxygen atoms in total. The molecule has 0 amide bonds. The molecule has 0 heterocycles. The Labute approximate surface area is 119 Å². The van der Waals surface area contributed by atoms with Gasteiger partial charge in [-0.05, 0) is 37.0 Å². The fourth-order valence-electron chi connectivity index (χ4n) is 2.24. The lowest BCUT2D eigenvalue weighted by Crippen LogP contribution is -2.25. The number of hydrogen-bond acceptors (Lipinski definition) is 2. The lowest BCUT2D eigenvalue weighted by molar-refractivity contribution is 0.676. The Kier molecular flexibility index (Phi) is 7.57. The molecule has 0 aliphatic heterocycles. The van der Waals surface area contributed by atoms with Crippen LogP contribution in [-0.4, -0.2) is 13.1 Å². The molecule has 1 aromatic rings. The largest absolute Gasteiger partial charge is 0.372 e. The van der Waals surface area contributed by atoms with Crippen LogP contribution in [0, 0.1) is 0 Å². The second-order valence-corrected chi connectivity index (χ2v) is 5.30. The average Bonchev–Trinajstić information content (AvgIpc) is 2.47. The molecule has 2 N–H and O–H groups in total. The van der Waals surface area contributed by atoms with Gasteiger partial charge in [-0.1, -0.05) is 45.7 Å². The van der Waals surface area contributed by atoms with E-state index in [2.05, 4.69) is 49.9 Å². The minimum atomic E-state index is 0.175. The molecule has 0 radical (unpaired) electrons. The Morgan fingerprint density at radius 2 is 1.47 bits per heavy atom. The number of rotatable bonds is 9. The highest BCUT2D eigenvalue weighted by atomic mass is 15.1. The molecule has 0 aliphatic carbocycles. The fourth-order valence-corrected chi connectivity index (χ4v) is 2.24. The molecule has 0 spiro atoms. The summed E-state index contributed by atoms with van der Waals surface area (Å²) in [5.41, 5.74) is 8.66. The van der Waals surface area contributed by atoms with Gasteiger partial charge in [0.2, 0.25) is 0 Å². The molecule has 0 aliphatic rings. The van der Waals surface area contributed by atoms with Crippen LogP contribution in [0.2, 0.25) is 0 Å². The normalized spacial score (nSPS) is 12.4. The topological polar surface area (TPSA) is 29.3 Å². The first-order valence-electron chi connectivity index (χ1n) is 7.83. The summed E-state index contributed by atoms with van der Waals surface area (Å²) < 4.78 is 0. The van der Waals surface area contributed by atoms with E-state index in [-0.39, 0.29) is 6.04 Å². The quantitative estimate of drug-likeness (QED) is 0.710. The van der Waals surface area contributed by atoms with Crippen molar-refractivity contribution < 1.29 is 0 Å². The molecule has 0 fully saturated rings. The van der Waals surface area contributed by atoms with E-state index in [0.29, 0.717) is 0 Å². The van der Waals surface area contributed by atoms with E-state index in [9.17, 15) is 0 Å². The third-order valence-electron chi connectivity index (χ3n) is 3.69. The minimum Gasteiger partial charge on any atom is -0.372 e. The maximum absolute atomic E-state index is 6.07. The van der Waals surface area contributed by atoms with Crippen LogP contribution in [0.4, 0.5) is 5.69 Å². The molecule has 108 valence electrons. The molecular weight excluding hydrogens is 232 g/mol. The summed E-state index contributed by atoms with van der Waals surface area (Å²) in [6.45, 7) is 8.96. The molecule has 1 atom stereocenters. The highest BCUT2D eigenvalue weighted by molar-refractivity contribution is 5.48. The van der Waals surface area contributed by atoms with Crippen LogP contribution in [0.1, 0.15) is 64.5 Å². The summed E-state index contributed by atoms with van der Waals surface area (Å²) in [5, 5.41) is 0. The van der Waals surface area contributed by atoms with Crippen LogP contribution < -0.4 is 10.6 Å². The van der Waals surface area contributed by atoms with Gasteiger partial charge in [0.05, 0.1) is 0 Å². The van der Waals surface area contributed by atoms with Gasteiger partial charge in [0.1, 0.15) is 0 Å². The van der Waals surface area contributed by atoms with Crippen molar-refractivity contribution in [2.45, 2.75) is 58.9 Å². The first-order valence-corrected chi connectivity index (χ1v) is 7.83. The van der Waals surface area contributed by atoms with Crippen molar-refractivity contribution >= 4 is 5.69 Å². The van der Waals surface area contributed by atoms with Crippen LogP contribution >= 0.6 is 0 Å². The van der Waals surface area contributed by atoms with E-state index >= 15 is 0 Å². The number of hydrogen-bond donors (Lipinski definition) is 1. The lowest BCUT2D eigenvalue weighted by atomic mass is 10.0. The maximum Gasteiger partial charge on any atom is 0.0366 e. The molecule has 0 saturated carbocycles. The van der Waals surface area contributed by atoms with Crippen molar-refractivity contribution in [1.82, 2.24) is 0 Å². The summed E-state index contributed by atoms with van der Waals surface area (Å²) in [6, 6.07) is 9.02. The Balaban J connectivity index is 2.71. The Bertz CT molecular complexity index is 324. The molecular formula is C17H30N2. The van der Waals surface area contributed by atoms with E-state index < -0.39 is 0 Å². The van der Waals surface area contributed by atoms with Crippen molar-refractivity contribution in [1.29, 1.82) is 0 Å². The van der Waals surface area contributed by atoms with Gasteiger partial charge in [-0.25, -0.2) is 0 Å². The van der Waals surface area contributed by atoms with Gasteiger partial charge in [0.15, 0.2) is 0 Å². The van der Waals surface area contributed by atoms with Crippen LogP contribution in [0.5, 0.6) is 0 Å². The van der Waals surface area contributed by atoms with Gasteiger partial charge in [-0.15, -0.1) is 0 Å². The van der Waals surface area contributed by atoms with Crippen molar-refractivity contribution in [2.75, 3.05) is 18.0 Å². The SMILES string of the molecule is CCCCN(CCCC)c1ccc(C(N)CC)cc1. The summed E-state index contributed by atoms with van der Waals surface area (Å²) in [7, 11) is 0. The van der Waals surface area contributed by atoms with Gasteiger partial charge in [-0.2, -0.15) is 0 Å². The Morgan fingerprint density at radius 3 is 1.89 bits per heavy atom. The third-order valence-corrected chi connectivity index (χ3v) is 3.69. The predicted molar refractivity (Wildman–Crippen MR) is 85.7 cm³/mol. The molecule has 1 aromatic carbocycles. The standard InChI is InChI=1S/C17H30N2/c1-4-7-13-19(14-8-5-2)16-11-9-15(10-12-16)17(18)6-3/h9-12,17H,4-8,13-14,18H2,1-3H3. The van der Waals surface area contributed by atoms with Crippen LogP contribution in [-0.2, 0) is 0 Å². The molecule has 0 saturated heterocycles. The van der Waals surface area contributed by atoms with Crippen LogP contribution in [0.3, 0.4) is 0 Å². The van der Waals surface area contributed by atoms with Crippen molar-refractivity contribution in [3.8, 4) is 0 Å². The number of unbranched alkanes of at least 4 members (excludes halogenated alkanes) is 2. The highest BCUT2D eigenvalue weighted by Gasteiger charge is 2.07. The summed E-state index contributed by atoms with van der Waals surface area (Å²) in [6.07, 6.45) is 6.03. The van der Waals surface area contributed by atoms with Crippen molar-refractivity contribution in [3.63, 3.8) is 0 Å². The van der Waals surface area contributed by atoms with Crippen molar-refractivity contribution in [2.24, 2.45) is 5.73 Å². The first kappa shape index (κ1) is 16.0. The maximum atomic E-state index is 6.07. The second-order valence-electron chi connectivity index (χ2n) is 5.30. The van der Waals surface area contributed by atoms with Crippen LogP contribution in [0.15, 0.2) is 24.3 Å². The number of anilines is 1. The van der Waals surface area contributed by atoms with E-state index in [4.69, 9.17) is 5.73 Å². The van der Waals surface area contributed by atoms with Gasteiger partial charge in [0, 0.05) is 24.8 Å². The van der Waals surface area contributed by atoms with Crippen molar-refractivity contribution in [3.05, 3.63) is 29.8 Å². The first-order chi connectivity index (χ1) is 9.22. The van der Waals surface area contributed by atoms with Gasteiger partial charge in [-0.3, -0.25) is 0 Å². The Morgan fingerprint density at radius 1 is 0.947 bits per heavy atom. The van der Waals surface area contributed by atoms with E-state index in [1.807, 2.05) is 0 Å². The molecule has 2 heteroatoms. The molecule has 0 bridgehead atoms. The summed E-state index contributed by atoms with van der Waals surface area (Å²) in [4.78, 5) is 2.51.